The fourth-order valence-corrected chi connectivity index (χ4v) is 4.31. The Kier molecular flexibility index (Phi) is 3.20. The minimum absolute atomic E-state index is 0.326. The van der Waals surface area contributed by atoms with Gasteiger partial charge in [0.05, 0.1) is 6.10 Å². The van der Waals surface area contributed by atoms with Crippen LogP contribution in [-0.4, -0.2) is 48.8 Å². The Morgan fingerprint density at radius 1 is 1.28 bits per heavy atom. The summed E-state index contributed by atoms with van der Waals surface area (Å²) in [5.74, 6) is 0.771. The summed E-state index contributed by atoms with van der Waals surface area (Å²) >= 11 is 0. The molecule has 18 heavy (non-hydrogen) atoms. The van der Waals surface area contributed by atoms with E-state index in [-0.39, 0.29) is 0 Å². The maximum Gasteiger partial charge on any atom is 0.0685 e. The highest BCUT2D eigenvalue weighted by molar-refractivity contribution is 5.12. The molecular formula is C15H28N2O. The van der Waals surface area contributed by atoms with E-state index in [0.29, 0.717) is 29.6 Å². The Bertz CT molecular complexity index is 316. The van der Waals surface area contributed by atoms with E-state index in [1.54, 1.807) is 0 Å². The van der Waals surface area contributed by atoms with Crippen molar-refractivity contribution in [1.82, 2.24) is 10.2 Å². The molecule has 0 aromatic heterocycles. The Morgan fingerprint density at radius 3 is 2.72 bits per heavy atom. The van der Waals surface area contributed by atoms with Crippen LogP contribution in [0, 0.1) is 11.3 Å². The van der Waals surface area contributed by atoms with Crippen LogP contribution in [0.25, 0.3) is 0 Å². The predicted molar refractivity (Wildman–Crippen MR) is 73.7 cm³/mol. The minimum atomic E-state index is 0.326. The van der Waals surface area contributed by atoms with Crippen LogP contribution < -0.4 is 5.32 Å². The number of likely N-dealkylation sites (tertiary alicyclic amines) is 1. The van der Waals surface area contributed by atoms with Crippen molar-refractivity contribution in [3.8, 4) is 0 Å². The summed E-state index contributed by atoms with van der Waals surface area (Å²) in [6.45, 7) is 12.8. The van der Waals surface area contributed by atoms with E-state index in [1.807, 2.05) is 0 Å². The van der Waals surface area contributed by atoms with Crippen LogP contribution >= 0.6 is 0 Å². The quantitative estimate of drug-likeness (QED) is 0.830. The predicted octanol–water partition coefficient (Wildman–Crippen LogP) is 1.87. The largest absolute Gasteiger partial charge is 0.377 e. The van der Waals surface area contributed by atoms with Crippen molar-refractivity contribution in [2.75, 3.05) is 19.7 Å². The van der Waals surface area contributed by atoms with Gasteiger partial charge in [0.2, 0.25) is 0 Å². The first-order valence-corrected chi connectivity index (χ1v) is 7.62. The zero-order valence-electron chi connectivity index (χ0n) is 12.3. The third-order valence-corrected chi connectivity index (χ3v) is 5.47. The number of nitrogens with zero attached hydrogens (tertiary/aromatic N) is 1. The van der Waals surface area contributed by atoms with Crippen molar-refractivity contribution in [1.29, 1.82) is 0 Å². The topological polar surface area (TPSA) is 24.5 Å². The fourth-order valence-electron chi connectivity index (χ4n) is 4.31. The molecule has 2 aliphatic heterocycles. The van der Waals surface area contributed by atoms with Gasteiger partial charge >= 0.3 is 0 Å². The molecule has 0 spiro atoms. The van der Waals surface area contributed by atoms with Gasteiger partial charge in [0.1, 0.15) is 0 Å². The highest BCUT2D eigenvalue weighted by Crippen LogP contribution is 2.52. The lowest BCUT2D eigenvalue weighted by molar-refractivity contribution is -0.115. The lowest BCUT2D eigenvalue weighted by Crippen LogP contribution is -2.67. The second-order valence-electron chi connectivity index (χ2n) is 7.28. The number of nitrogens with one attached hydrogen (secondary N) is 1. The SMILES string of the molecule is CC(C)N1CC[C@H](N[C@@H]2[C@@H]3CCO[C@H]3C2(C)C)C1. The van der Waals surface area contributed by atoms with E-state index in [2.05, 4.69) is 37.9 Å². The molecule has 3 rings (SSSR count). The van der Waals surface area contributed by atoms with E-state index in [9.17, 15) is 0 Å². The average molecular weight is 252 g/mol. The lowest BCUT2D eigenvalue weighted by atomic mass is 9.57. The number of hydrogen-bond acceptors (Lipinski definition) is 3. The fraction of sp³-hybridized carbons (Fsp3) is 1.00. The maximum atomic E-state index is 5.87. The maximum absolute atomic E-state index is 5.87. The summed E-state index contributed by atoms with van der Waals surface area (Å²) in [4.78, 5) is 2.59. The van der Waals surface area contributed by atoms with Crippen molar-refractivity contribution < 1.29 is 4.74 Å². The summed E-state index contributed by atoms with van der Waals surface area (Å²) in [5.41, 5.74) is 0.326. The average Bonchev–Trinajstić information content (AvgIpc) is 2.94. The van der Waals surface area contributed by atoms with Gasteiger partial charge in [-0.25, -0.2) is 0 Å². The molecule has 1 saturated carbocycles. The van der Waals surface area contributed by atoms with Gasteiger partial charge in [-0.1, -0.05) is 13.8 Å². The third kappa shape index (κ3) is 1.91. The number of rotatable bonds is 3. The molecule has 4 atom stereocenters. The van der Waals surface area contributed by atoms with Crippen LogP contribution in [0.4, 0.5) is 0 Å². The van der Waals surface area contributed by atoms with Crippen LogP contribution in [0.15, 0.2) is 0 Å². The van der Waals surface area contributed by atoms with Gasteiger partial charge in [0.25, 0.3) is 0 Å². The summed E-state index contributed by atoms with van der Waals surface area (Å²) in [6, 6.07) is 2.05. The Labute approximate surface area is 111 Å². The van der Waals surface area contributed by atoms with E-state index in [0.717, 1.165) is 12.5 Å². The first-order chi connectivity index (χ1) is 8.50. The van der Waals surface area contributed by atoms with Gasteiger partial charge in [-0.3, -0.25) is 4.90 Å². The van der Waals surface area contributed by atoms with Gasteiger partial charge in [-0.2, -0.15) is 0 Å². The zero-order chi connectivity index (χ0) is 12.9. The molecule has 1 aliphatic carbocycles. The molecule has 0 bridgehead atoms. The van der Waals surface area contributed by atoms with Gasteiger partial charge in [0.15, 0.2) is 0 Å². The Morgan fingerprint density at radius 2 is 2.06 bits per heavy atom. The van der Waals surface area contributed by atoms with Gasteiger partial charge < -0.3 is 10.1 Å². The molecule has 0 aromatic carbocycles. The first kappa shape index (κ1) is 12.9. The molecular weight excluding hydrogens is 224 g/mol. The van der Waals surface area contributed by atoms with E-state index >= 15 is 0 Å². The standard InChI is InChI=1S/C15H28N2O/c1-10(2)17-7-5-11(9-17)16-13-12-6-8-18-14(12)15(13,3)4/h10-14,16H,5-9H2,1-4H3/t11-,12-,13+,14+/m0/s1. The van der Waals surface area contributed by atoms with Crippen molar-refractivity contribution in [3.63, 3.8) is 0 Å². The second-order valence-corrected chi connectivity index (χ2v) is 7.28. The number of hydrogen-bond donors (Lipinski definition) is 1. The molecule has 0 unspecified atom stereocenters. The summed E-state index contributed by atoms with van der Waals surface area (Å²) < 4.78 is 5.87. The van der Waals surface area contributed by atoms with Gasteiger partial charge in [-0.15, -0.1) is 0 Å². The van der Waals surface area contributed by atoms with Crippen LogP contribution in [0.2, 0.25) is 0 Å². The summed E-state index contributed by atoms with van der Waals surface area (Å²) in [5, 5.41) is 3.94. The number of ether oxygens (including phenoxy) is 1. The van der Waals surface area contributed by atoms with Crippen molar-refractivity contribution in [2.45, 2.75) is 64.8 Å². The second kappa shape index (κ2) is 4.46. The van der Waals surface area contributed by atoms with Crippen LogP contribution in [0.1, 0.15) is 40.5 Å². The number of fused-ring (bicyclic) bond motifs is 1. The van der Waals surface area contributed by atoms with E-state index in [4.69, 9.17) is 4.74 Å². The molecule has 3 nitrogen and oxygen atoms in total. The molecule has 2 heterocycles. The van der Waals surface area contributed by atoms with Crippen molar-refractivity contribution in [3.05, 3.63) is 0 Å². The van der Waals surface area contributed by atoms with Crippen LogP contribution in [0.3, 0.4) is 0 Å². The Hall–Kier alpha value is -0.120. The zero-order valence-corrected chi connectivity index (χ0v) is 12.3. The molecule has 3 heteroatoms. The highest BCUT2D eigenvalue weighted by atomic mass is 16.5. The molecule has 3 fully saturated rings. The minimum Gasteiger partial charge on any atom is -0.377 e. The van der Waals surface area contributed by atoms with Gasteiger partial charge in [0, 0.05) is 42.6 Å². The first-order valence-electron chi connectivity index (χ1n) is 7.62. The molecule has 1 N–H and O–H groups in total. The Balaban J connectivity index is 1.58. The van der Waals surface area contributed by atoms with E-state index < -0.39 is 0 Å². The molecule has 3 aliphatic rings. The molecule has 0 radical (unpaired) electrons. The monoisotopic (exact) mass is 252 g/mol. The van der Waals surface area contributed by atoms with E-state index in [1.165, 1.54) is 25.9 Å². The molecule has 0 aromatic rings. The molecule has 104 valence electrons. The van der Waals surface area contributed by atoms with Crippen LogP contribution in [0.5, 0.6) is 0 Å². The normalized spacial score (nSPS) is 43.2. The van der Waals surface area contributed by atoms with Gasteiger partial charge in [-0.05, 0) is 33.2 Å². The molecule has 2 saturated heterocycles. The highest BCUT2D eigenvalue weighted by Gasteiger charge is 2.59. The van der Waals surface area contributed by atoms with Crippen LogP contribution in [-0.2, 0) is 4.74 Å². The van der Waals surface area contributed by atoms with Crippen molar-refractivity contribution in [2.24, 2.45) is 11.3 Å². The van der Waals surface area contributed by atoms with Crippen molar-refractivity contribution >= 4 is 0 Å². The summed E-state index contributed by atoms with van der Waals surface area (Å²) in [6.07, 6.45) is 3.08. The summed E-state index contributed by atoms with van der Waals surface area (Å²) in [7, 11) is 0. The third-order valence-electron chi connectivity index (χ3n) is 5.47. The smallest absolute Gasteiger partial charge is 0.0685 e. The molecule has 0 amide bonds. The lowest BCUT2D eigenvalue weighted by Gasteiger charge is -2.55.